The second kappa shape index (κ2) is 11.2. The first-order valence-corrected chi connectivity index (χ1v) is 11.8. The molecule has 0 aliphatic carbocycles. The molecule has 0 fully saturated rings. The van der Waals surface area contributed by atoms with Gasteiger partial charge in [0.25, 0.3) is 0 Å². The van der Waals surface area contributed by atoms with Gasteiger partial charge in [-0.3, -0.25) is 4.57 Å². The number of hydrogen-bond acceptors (Lipinski definition) is 5. The molecule has 3 rings (SSSR count). The third-order valence-corrected chi connectivity index (χ3v) is 5.90. The summed E-state index contributed by atoms with van der Waals surface area (Å²) in [7, 11) is 0. The zero-order chi connectivity index (χ0) is 23.1. The van der Waals surface area contributed by atoms with Crippen molar-refractivity contribution in [2.75, 3.05) is 31.1 Å². The fourth-order valence-electron chi connectivity index (χ4n) is 3.53. The van der Waals surface area contributed by atoms with Crippen molar-refractivity contribution in [2.45, 2.75) is 27.7 Å². The van der Waals surface area contributed by atoms with Gasteiger partial charge in [0, 0.05) is 26.2 Å². The first-order valence-electron chi connectivity index (χ1n) is 11.0. The van der Waals surface area contributed by atoms with E-state index in [4.69, 9.17) is 34.4 Å². The Kier molecular flexibility index (Phi) is 8.30. The van der Waals surface area contributed by atoms with Gasteiger partial charge in [0.1, 0.15) is 0 Å². The number of anilines is 1. The van der Waals surface area contributed by atoms with Crippen LogP contribution < -0.4 is 4.90 Å². The standard InChI is InChI=1S/C24H30N6S2/c1-5-27(6-2)21(25-19-15-11-9-12-16-19)30-23(31)26-22(28(7-3)8-4)29(24(30)32)20-17-13-10-14-18-20/h9-18H,5-8H2,1-4H3. The maximum Gasteiger partial charge on any atom is 0.215 e. The van der Waals surface area contributed by atoms with Crippen LogP contribution in [0.15, 0.2) is 65.7 Å². The molecule has 0 radical (unpaired) electrons. The average molecular weight is 467 g/mol. The van der Waals surface area contributed by atoms with Crippen LogP contribution in [0.5, 0.6) is 0 Å². The molecular weight excluding hydrogens is 436 g/mol. The van der Waals surface area contributed by atoms with E-state index in [2.05, 4.69) is 37.5 Å². The minimum absolute atomic E-state index is 0.394. The number of aliphatic imine (C=N–C) groups is 1. The zero-order valence-corrected chi connectivity index (χ0v) is 20.7. The van der Waals surface area contributed by atoms with E-state index >= 15 is 0 Å². The van der Waals surface area contributed by atoms with Crippen molar-refractivity contribution in [3.63, 3.8) is 0 Å². The van der Waals surface area contributed by atoms with Crippen LogP contribution in [0.3, 0.4) is 0 Å². The Morgan fingerprint density at radius 2 is 1.41 bits per heavy atom. The number of nitrogens with zero attached hydrogens (tertiary/aromatic N) is 6. The topological polar surface area (TPSA) is 41.6 Å². The van der Waals surface area contributed by atoms with Crippen LogP contribution in [0, 0.1) is 9.54 Å². The molecule has 0 N–H and O–H groups in total. The number of aromatic nitrogens is 3. The Morgan fingerprint density at radius 3 is 1.94 bits per heavy atom. The van der Waals surface area contributed by atoms with Gasteiger partial charge in [0.2, 0.25) is 16.7 Å². The third-order valence-electron chi connectivity index (χ3n) is 5.26. The Hall–Kier alpha value is -2.84. The van der Waals surface area contributed by atoms with Crippen molar-refractivity contribution >= 4 is 42.0 Å². The maximum absolute atomic E-state index is 6.06. The van der Waals surface area contributed by atoms with E-state index in [1.54, 1.807) is 0 Å². The van der Waals surface area contributed by atoms with Crippen LogP contribution in [-0.2, 0) is 0 Å². The van der Waals surface area contributed by atoms with E-state index in [1.165, 1.54) is 0 Å². The summed E-state index contributed by atoms with van der Waals surface area (Å²) in [6.45, 7) is 11.5. The summed E-state index contributed by atoms with van der Waals surface area (Å²) < 4.78 is 4.73. The van der Waals surface area contributed by atoms with Gasteiger partial charge < -0.3 is 9.80 Å². The van der Waals surface area contributed by atoms with Crippen molar-refractivity contribution in [3.8, 4) is 5.69 Å². The molecular formula is C24H30N6S2. The first-order chi connectivity index (χ1) is 15.5. The Bertz CT molecular complexity index is 1160. The molecule has 32 heavy (non-hydrogen) atoms. The highest BCUT2D eigenvalue weighted by Gasteiger charge is 2.20. The molecule has 3 aromatic rings. The molecule has 0 amide bonds. The molecule has 0 aliphatic heterocycles. The number of hydrogen-bond donors (Lipinski definition) is 0. The molecule has 6 nitrogen and oxygen atoms in total. The lowest BCUT2D eigenvalue weighted by atomic mass is 10.3. The van der Waals surface area contributed by atoms with Gasteiger partial charge in [-0.05, 0) is 76.4 Å². The van der Waals surface area contributed by atoms with E-state index in [0.717, 1.165) is 43.5 Å². The van der Waals surface area contributed by atoms with Crippen LogP contribution in [0.4, 0.5) is 11.6 Å². The fourth-order valence-corrected chi connectivity index (χ4v) is 4.19. The minimum atomic E-state index is 0.394. The summed E-state index contributed by atoms with van der Waals surface area (Å²) in [4.78, 5) is 14.1. The zero-order valence-electron chi connectivity index (χ0n) is 19.1. The monoisotopic (exact) mass is 466 g/mol. The van der Waals surface area contributed by atoms with Crippen molar-refractivity contribution in [1.29, 1.82) is 0 Å². The maximum atomic E-state index is 6.06. The molecule has 1 aromatic heterocycles. The van der Waals surface area contributed by atoms with Crippen molar-refractivity contribution in [2.24, 2.45) is 4.99 Å². The predicted molar refractivity (Wildman–Crippen MR) is 139 cm³/mol. The average Bonchev–Trinajstić information content (AvgIpc) is 2.81. The highest BCUT2D eigenvalue weighted by Crippen LogP contribution is 2.21. The second-order valence-corrected chi connectivity index (χ2v) is 7.81. The fraction of sp³-hybridized carbons (Fsp3) is 0.333. The quantitative estimate of drug-likeness (QED) is 0.248. The lowest BCUT2D eigenvalue weighted by molar-refractivity contribution is 0.446. The lowest BCUT2D eigenvalue weighted by Gasteiger charge is -2.28. The highest BCUT2D eigenvalue weighted by molar-refractivity contribution is 7.72. The number of rotatable bonds is 7. The Balaban J connectivity index is 2.38. The van der Waals surface area contributed by atoms with Crippen LogP contribution in [0.2, 0.25) is 0 Å². The molecule has 0 saturated carbocycles. The molecule has 0 aliphatic rings. The number of benzene rings is 2. The van der Waals surface area contributed by atoms with Crippen molar-refractivity contribution in [1.82, 2.24) is 19.0 Å². The van der Waals surface area contributed by atoms with Crippen LogP contribution >= 0.6 is 24.4 Å². The van der Waals surface area contributed by atoms with Gasteiger partial charge in [-0.2, -0.15) is 4.98 Å². The highest BCUT2D eigenvalue weighted by atomic mass is 32.1. The Labute approximate surface area is 200 Å². The van der Waals surface area contributed by atoms with E-state index in [9.17, 15) is 0 Å². The summed E-state index contributed by atoms with van der Waals surface area (Å²) in [5, 5.41) is 0. The molecule has 2 aromatic carbocycles. The first kappa shape index (κ1) is 23.8. The van der Waals surface area contributed by atoms with E-state index in [1.807, 2.05) is 69.8 Å². The van der Waals surface area contributed by atoms with Gasteiger partial charge >= 0.3 is 0 Å². The lowest BCUT2D eigenvalue weighted by Crippen LogP contribution is -2.38. The minimum Gasteiger partial charge on any atom is -0.342 e. The molecule has 0 bridgehead atoms. The van der Waals surface area contributed by atoms with Crippen LogP contribution in [0.25, 0.3) is 5.69 Å². The normalized spacial score (nSPS) is 11.4. The smallest absolute Gasteiger partial charge is 0.215 e. The molecule has 0 unspecified atom stereocenters. The largest absolute Gasteiger partial charge is 0.342 e. The summed E-state index contributed by atoms with van der Waals surface area (Å²) >= 11 is 11.9. The van der Waals surface area contributed by atoms with Crippen molar-refractivity contribution in [3.05, 3.63) is 70.2 Å². The summed E-state index contributed by atoms with van der Waals surface area (Å²) in [5.41, 5.74) is 1.78. The predicted octanol–water partition coefficient (Wildman–Crippen LogP) is 5.86. The van der Waals surface area contributed by atoms with E-state index in [-0.39, 0.29) is 0 Å². The van der Waals surface area contributed by atoms with Gasteiger partial charge in [-0.15, -0.1) is 0 Å². The second-order valence-electron chi connectivity index (χ2n) is 7.08. The van der Waals surface area contributed by atoms with E-state index in [0.29, 0.717) is 15.5 Å². The van der Waals surface area contributed by atoms with Crippen LogP contribution in [-0.4, -0.2) is 51.2 Å². The van der Waals surface area contributed by atoms with E-state index < -0.39 is 0 Å². The molecule has 0 atom stereocenters. The summed E-state index contributed by atoms with van der Waals surface area (Å²) in [6, 6.07) is 19.9. The summed E-state index contributed by atoms with van der Waals surface area (Å²) in [5.74, 6) is 1.42. The van der Waals surface area contributed by atoms with Crippen molar-refractivity contribution < 1.29 is 0 Å². The third kappa shape index (κ3) is 4.97. The SMILES string of the molecule is CCN(CC)C(=Nc1ccccc1)n1c(=S)nc(N(CC)CC)n(-c2ccccc2)c1=S. The van der Waals surface area contributed by atoms with Gasteiger partial charge in [0.05, 0.1) is 11.4 Å². The van der Waals surface area contributed by atoms with Gasteiger partial charge in [-0.1, -0.05) is 36.4 Å². The molecule has 0 saturated heterocycles. The molecule has 8 heteroatoms. The molecule has 168 valence electrons. The van der Waals surface area contributed by atoms with Gasteiger partial charge in [-0.25, -0.2) is 9.56 Å². The molecule has 1 heterocycles. The summed E-state index contributed by atoms with van der Waals surface area (Å²) in [6.07, 6.45) is 0. The van der Waals surface area contributed by atoms with Crippen LogP contribution in [0.1, 0.15) is 27.7 Å². The van der Waals surface area contributed by atoms with Gasteiger partial charge in [0.15, 0.2) is 4.77 Å². The number of para-hydroxylation sites is 2. The Morgan fingerprint density at radius 1 is 0.844 bits per heavy atom. The molecule has 0 spiro atoms.